The van der Waals surface area contributed by atoms with Crippen LogP contribution in [0.25, 0.3) is 0 Å². The van der Waals surface area contributed by atoms with Crippen LogP contribution in [-0.2, 0) is 10.0 Å². The molecule has 0 saturated heterocycles. The van der Waals surface area contributed by atoms with Gasteiger partial charge in [0.25, 0.3) is 15.9 Å². The van der Waals surface area contributed by atoms with E-state index in [9.17, 15) is 18.0 Å². The first-order chi connectivity index (χ1) is 12.6. The molecular formula is C17H17ClN2O6S. The van der Waals surface area contributed by atoms with E-state index in [1.54, 1.807) is 14.1 Å². The number of carboxylic acids is 1. The number of sulfonamides is 1. The summed E-state index contributed by atoms with van der Waals surface area (Å²) in [6.45, 7) is 0. The number of halogens is 1. The number of carboxylic acid groups (broad SMARTS) is 1. The molecule has 10 heteroatoms. The summed E-state index contributed by atoms with van der Waals surface area (Å²) in [6, 6.07) is 7.60. The van der Waals surface area contributed by atoms with E-state index < -0.39 is 16.0 Å². The van der Waals surface area contributed by atoms with E-state index in [1.165, 1.54) is 42.3 Å². The van der Waals surface area contributed by atoms with Crippen molar-refractivity contribution >= 4 is 39.2 Å². The summed E-state index contributed by atoms with van der Waals surface area (Å²) < 4.78 is 32.9. The van der Waals surface area contributed by atoms with E-state index in [1.807, 2.05) is 0 Å². The van der Waals surface area contributed by atoms with Gasteiger partial charge in [0.2, 0.25) is 0 Å². The molecular weight excluding hydrogens is 396 g/mol. The molecule has 0 fully saturated rings. The van der Waals surface area contributed by atoms with Crippen LogP contribution < -0.4 is 9.46 Å². The number of ether oxygens (including phenoxy) is 1. The minimum atomic E-state index is -4.24. The van der Waals surface area contributed by atoms with E-state index in [4.69, 9.17) is 21.4 Å². The summed E-state index contributed by atoms with van der Waals surface area (Å²) in [4.78, 5) is 24.2. The lowest BCUT2D eigenvalue weighted by Crippen LogP contribution is -2.22. The smallest absolute Gasteiger partial charge is 0.335 e. The van der Waals surface area contributed by atoms with Gasteiger partial charge in [0, 0.05) is 19.7 Å². The lowest BCUT2D eigenvalue weighted by Gasteiger charge is -2.15. The lowest BCUT2D eigenvalue weighted by molar-refractivity contribution is 0.0696. The molecule has 0 radical (unpaired) electrons. The van der Waals surface area contributed by atoms with E-state index in [0.717, 1.165) is 6.07 Å². The number of hydrogen-bond donors (Lipinski definition) is 2. The summed E-state index contributed by atoms with van der Waals surface area (Å²) >= 11 is 6.05. The van der Waals surface area contributed by atoms with Gasteiger partial charge in [0.15, 0.2) is 0 Å². The molecule has 0 bridgehead atoms. The minimum Gasteiger partial charge on any atom is -0.495 e. The van der Waals surface area contributed by atoms with Gasteiger partial charge in [-0.05, 0) is 36.4 Å². The minimum absolute atomic E-state index is 0.0212. The van der Waals surface area contributed by atoms with Gasteiger partial charge >= 0.3 is 5.97 Å². The van der Waals surface area contributed by atoms with Crippen molar-refractivity contribution in [2.45, 2.75) is 4.90 Å². The summed E-state index contributed by atoms with van der Waals surface area (Å²) in [6.07, 6.45) is 0. The zero-order valence-corrected chi connectivity index (χ0v) is 16.3. The van der Waals surface area contributed by atoms with Crippen LogP contribution in [0.3, 0.4) is 0 Å². The number of carbonyl (C=O) groups is 2. The number of benzene rings is 2. The second kappa shape index (κ2) is 7.85. The molecule has 8 nitrogen and oxygen atoms in total. The number of amides is 1. The van der Waals surface area contributed by atoms with Crippen molar-refractivity contribution in [1.82, 2.24) is 4.90 Å². The third-order valence-corrected chi connectivity index (χ3v) is 5.28. The predicted molar refractivity (Wildman–Crippen MR) is 100 cm³/mol. The highest BCUT2D eigenvalue weighted by atomic mass is 35.5. The molecule has 0 spiro atoms. The Labute approximate surface area is 161 Å². The molecule has 2 aromatic rings. The fourth-order valence-corrected chi connectivity index (χ4v) is 3.70. The number of rotatable bonds is 6. The Morgan fingerprint density at radius 2 is 1.74 bits per heavy atom. The zero-order valence-electron chi connectivity index (χ0n) is 14.7. The van der Waals surface area contributed by atoms with Crippen LogP contribution in [-0.4, -0.2) is 51.5 Å². The van der Waals surface area contributed by atoms with Gasteiger partial charge < -0.3 is 14.7 Å². The fraction of sp³-hybridized carbons (Fsp3) is 0.176. The van der Waals surface area contributed by atoms with Gasteiger partial charge in [-0.3, -0.25) is 9.52 Å². The van der Waals surface area contributed by atoms with E-state index in [2.05, 4.69) is 4.72 Å². The van der Waals surface area contributed by atoms with Crippen LogP contribution in [0.4, 0.5) is 5.69 Å². The standard InChI is InChI=1S/C17H17ClN2O6S/c1-20(2)16(21)10-4-6-12(18)13(8-10)19-27(24,25)15-9-11(17(22)23)5-7-14(15)26-3/h4-9,19H,1-3H3,(H,22,23). The van der Waals surface area contributed by atoms with Crippen molar-refractivity contribution in [2.75, 3.05) is 25.9 Å². The average Bonchev–Trinajstić information content (AvgIpc) is 2.62. The quantitative estimate of drug-likeness (QED) is 0.753. The SMILES string of the molecule is COc1ccc(C(=O)O)cc1S(=O)(=O)Nc1cc(C(=O)N(C)C)ccc1Cl. The van der Waals surface area contributed by atoms with Gasteiger partial charge in [-0.1, -0.05) is 11.6 Å². The molecule has 0 aliphatic carbocycles. The molecule has 2 aromatic carbocycles. The van der Waals surface area contributed by atoms with Crippen LogP contribution in [0.1, 0.15) is 20.7 Å². The number of anilines is 1. The maximum absolute atomic E-state index is 12.8. The maximum atomic E-state index is 12.8. The number of carbonyl (C=O) groups excluding carboxylic acids is 1. The molecule has 2 N–H and O–H groups in total. The molecule has 0 unspecified atom stereocenters. The summed E-state index contributed by atoms with van der Waals surface area (Å²) in [5.74, 6) is -1.66. The Morgan fingerprint density at radius 1 is 1.11 bits per heavy atom. The van der Waals surface area contributed by atoms with Crippen LogP contribution in [0, 0.1) is 0 Å². The largest absolute Gasteiger partial charge is 0.495 e. The van der Waals surface area contributed by atoms with E-state index in [-0.39, 0.29) is 38.4 Å². The number of nitrogens with one attached hydrogen (secondary N) is 1. The van der Waals surface area contributed by atoms with Crippen LogP contribution in [0.15, 0.2) is 41.3 Å². The molecule has 0 aliphatic heterocycles. The first-order valence-corrected chi connectivity index (χ1v) is 9.38. The van der Waals surface area contributed by atoms with Crippen molar-refractivity contribution in [3.05, 3.63) is 52.5 Å². The van der Waals surface area contributed by atoms with Gasteiger partial charge in [-0.2, -0.15) is 0 Å². The number of nitrogens with zero attached hydrogens (tertiary/aromatic N) is 1. The normalized spacial score (nSPS) is 11.0. The molecule has 144 valence electrons. The monoisotopic (exact) mass is 412 g/mol. The fourth-order valence-electron chi connectivity index (χ4n) is 2.21. The molecule has 0 aromatic heterocycles. The molecule has 27 heavy (non-hydrogen) atoms. The highest BCUT2D eigenvalue weighted by molar-refractivity contribution is 7.92. The molecule has 1 amide bonds. The van der Waals surface area contributed by atoms with Gasteiger partial charge in [-0.15, -0.1) is 0 Å². The third-order valence-electron chi connectivity index (χ3n) is 3.56. The second-order valence-corrected chi connectivity index (χ2v) is 7.73. The van der Waals surface area contributed by atoms with E-state index in [0.29, 0.717) is 0 Å². The van der Waals surface area contributed by atoms with Crippen LogP contribution >= 0.6 is 11.6 Å². The second-order valence-electron chi connectivity index (χ2n) is 5.67. The number of methoxy groups -OCH3 is 1. The molecule has 2 rings (SSSR count). The topological polar surface area (TPSA) is 113 Å². The highest BCUT2D eigenvalue weighted by Gasteiger charge is 2.23. The Kier molecular flexibility index (Phi) is 5.97. The molecule has 0 atom stereocenters. The Bertz CT molecular complexity index is 1000. The molecule has 0 heterocycles. The zero-order chi connectivity index (χ0) is 20.4. The van der Waals surface area contributed by atoms with Gasteiger partial charge in [0.1, 0.15) is 10.6 Å². The van der Waals surface area contributed by atoms with Crippen molar-refractivity contribution in [3.8, 4) is 5.75 Å². The Hall–Kier alpha value is -2.78. The average molecular weight is 413 g/mol. The third kappa shape index (κ3) is 4.50. The van der Waals surface area contributed by atoms with Crippen molar-refractivity contribution in [1.29, 1.82) is 0 Å². The lowest BCUT2D eigenvalue weighted by atomic mass is 10.2. The van der Waals surface area contributed by atoms with Crippen molar-refractivity contribution in [2.24, 2.45) is 0 Å². The first-order valence-electron chi connectivity index (χ1n) is 7.52. The van der Waals surface area contributed by atoms with Crippen molar-refractivity contribution < 1.29 is 27.9 Å². The van der Waals surface area contributed by atoms with Crippen LogP contribution in [0.5, 0.6) is 5.75 Å². The first kappa shape index (κ1) is 20.5. The summed E-state index contributed by atoms with van der Waals surface area (Å²) in [5.41, 5.74) is -0.0145. The van der Waals surface area contributed by atoms with Crippen molar-refractivity contribution in [3.63, 3.8) is 0 Å². The van der Waals surface area contributed by atoms with Gasteiger partial charge in [0.05, 0.1) is 23.4 Å². The molecule has 0 aliphatic rings. The molecule has 0 saturated carbocycles. The Balaban J connectivity index is 2.51. The summed E-state index contributed by atoms with van der Waals surface area (Å²) in [5, 5.41) is 9.17. The summed E-state index contributed by atoms with van der Waals surface area (Å²) in [7, 11) is 0.134. The van der Waals surface area contributed by atoms with Gasteiger partial charge in [-0.25, -0.2) is 13.2 Å². The maximum Gasteiger partial charge on any atom is 0.335 e. The number of aromatic carboxylic acids is 1. The number of hydrogen-bond acceptors (Lipinski definition) is 5. The van der Waals surface area contributed by atoms with Crippen LogP contribution in [0.2, 0.25) is 5.02 Å². The predicted octanol–water partition coefficient (Wildman–Crippen LogP) is 2.55. The highest BCUT2D eigenvalue weighted by Crippen LogP contribution is 2.30. The van der Waals surface area contributed by atoms with E-state index >= 15 is 0 Å². The Morgan fingerprint density at radius 3 is 2.30 bits per heavy atom.